The maximum absolute atomic E-state index is 11.7. The Balaban J connectivity index is 2.31. The molecule has 1 heterocycles. The number of halogens is 1. The Morgan fingerprint density at radius 2 is 2.38 bits per heavy atom. The molecule has 0 radical (unpaired) electrons. The van der Waals surface area contributed by atoms with Gasteiger partial charge in [-0.3, -0.25) is 4.79 Å². The highest BCUT2D eigenvalue weighted by Gasteiger charge is 2.29. The van der Waals surface area contributed by atoms with Gasteiger partial charge in [0.05, 0.1) is 19.3 Å². The number of rotatable bonds is 2. The van der Waals surface area contributed by atoms with Crippen molar-refractivity contribution in [1.29, 1.82) is 0 Å². The molecule has 1 aliphatic rings. The van der Waals surface area contributed by atoms with E-state index in [2.05, 4.69) is 0 Å². The molecular weight excluding hydrogens is 230 g/mol. The molecule has 1 fully saturated rings. The molecule has 0 aromatic heterocycles. The van der Waals surface area contributed by atoms with Gasteiger partial charge in [0.2, 0.25) is 0 Å². The van der Waals surface area contributed by atoms with Gasteiger partial charge in [-0.15, -0.1) is 0 Å². The second-order valence-electron chi connectivity index (χ2n) is 3.60. The van der Waals surface area contributed by atoms with Crippen LogP contribution in [0.4, 0.5) is 5.69 Å². The normalized spacial score (nSPS) is 21.2. The first-order valence-corrected chi connectivity index (χ1v) is 5.36. The van der Waals surface area contributed by atoms with Gasteiger partial charge < -0.3 is 14.7 Å². The number of aliphatic hydroxyl groups excluding tert-OH is 1. The van der Waals surface area contributed by atoms with Crippen LogP contribution >= 0.6 is 11.6 Å². The second-order valence-corrected chi connectivity index (χ2v) is 4.03. The van der Waals surface area contributed by atoms with Gasteiger partial charge in [0.15, 0.2) is 0 Å². The zero-order valence-electron chi connectivity index (χ0n) is 8.60. The Hall–Kier alpha value is -1.10. The van der Waals surface area contributed by atoms with Gasteiger partial charge in [-0.25, -0.2) is 0 Å². The summed E-state index contributed by atoms with van der Waals surface area (Å²) in [6, 6.07) is 6.67. The molecule has 1 atom stereocenters. The van der Waals surface area contributed by atoms with E-state index in [1.54, 1.807) is 24.3 Å². The lowest BCUT2D eigenvalue weighted by Gasteiger charge is -2.34. The SMILES string of the molecule is O=C1COCC(CO)N1c1cccc(Cl)c1. The number of ether oxygens (including phenoxy) is 1. The number of carbonyl (C=O) groups is 1. The maximum Gasteiger partial charge on any atom is 0.253 e. The van der Waals surface area contributed by atoms with Gasteiger partial charge in [0, 0.05) is 10.7 Å². The largest absolute Gasteiger partial charge is 0.394 e. The molecular formula is C11H12ClNO3. The van der Waals surface area contributed by atoms with Crippen LogP contribution in [0, 0.1) is 0 Å². The summed E-state index contributed by atoms with van der Waals surface area (Å²) in [5.74, 6) is -0.160. The van der Waals surface area contributed by atoms with Crippen LogP contribution in [-0.4, -0.2) is 36.9 Å². The van der Waals surface area contributed by atoms with E-state index in [0.29, 0.717) is 17.3 Å². The lowest BCUT2D eigenvalue weighted by Crippen LogP contribution is -2.51. The molecule has 2 rings (SSSR count). The van der Waals surface area contributed by atoms with Crippen molar-refractivity contribution in [1.82, 2.24) is 0 Å². The number of amides is 1. The molecule has 86 valence electrons. The second kappa shape index (κ2) is 4.82. The highest BCUT2D eigenvalue weighted by molar-refractivity contribution is 6.30. The van der Waals surface area contributed by atoms with E-state index >= 15 is 0 Å². The Kier molecular flexibility index (Phi) is 3.43. The van der Waals surface area contributed by atoms with Crippen LogP contribution < -0.4 is 4.90 Å². The van der Waals surface area contributed by atoms with Gasteiger partial charge >= 0.3 is 0 Å². The smallest absolute Gasteiger partial charge is 0.253 e. The van der Waals surface area contributed by atoms with E-state index in [1.165, 1.54) is 4.90 Å². The van der Waals surface area contributed by atoms with Crippen molar-refractivity contribution in [2.45, 2.75) is 6.04 Å². The minimum absolute atomic E-state index is 0.0447. The van der Waals surface area contributed by atoms with Crippen molar-refractivity contribution in [3.8, 4) is 0 Å². The Bertz CT molecular complexity index is 397. The Morgan fingerprint density at radius 1 is 1.56 bits per heavy atom. The molecule has 1 aromatic rings. The lowest BCUT2D eigenvalue weighted by atomic mass is 10.2. The summed E-state index contributed by atoms with van der Waals surface area (Å²) < 4.78 is 5.08. The van der Waals surface area contributed by atoms with Crippen LogP contribution in [-0.2, 0) is 9.53 Å². The molecule has 1 saturated heterocycles. The topological polar surface area (TPSA) is 49.8 Å². The van der Waals surface area contributed by atoms with Crippen LogP contribution in [0.2, 0.25) is 5.02 Å². The average molecular weight is 242 g/mol. The number of anilines is 1. The zero-order valence-corrected chi connectivity index (χ0v) is 9.35. The van der Waals surface area contributed by atoms with Crippen LogP contribution in [0.3, 0.4) is 0 Å². The van der Waals surface area contributed by atoms with E-state index in [4.69, 9.17) is 16.3 Å². The molecule has 0 bridgehead atoms. The number of carbonyl (C=O) groups excluding carboxylic acids is 1. The van der Waals surface area contributed by atoms with Crippen molar-refractivity contribution >= 4 is 23.2 Å². The zero-order chi connectivity index (χ0) is 11.5. The molecule has 1 unspecified atom stereocenters. The molecule has 0 saturated carbocycles. The fraction of sp³-hybridized carbons (Fsp3) is 0.364. The number of benzene rings is 1. The molecule has 16 heavy (non-hydrogen) atoms. The lowest BCUT2D eigenvalue weighted by molar-refractivity contribution is -0.128. The standard InChI is InChI=1S/C11H12ClNO3/c12-8-2-1-3-9(4-8)13-10(5-14)6-16-7-11(13)15/h1-4,10,14H,5-7H2. The Labute approximate surface area is 98.4 Å². The van der Waals surface area contributed by atoms with Gasteiger partial charge in [0.25, 0.3) is 5.91 Å². The highest BCUT2D eigenvalue weighted by Crippen LogP contribution is 2.23. The highest BCUT2D eigenvalue weighted by atomic mass is 35.5. The molecule has 1 N–H and O–H groups in total. The quantitative estimate of drug-likeness (QED) is 0.843. The van der Waals surface area contributed by atoms with Crippen molar-refractivity contribution < 1.29 is 14.6 Å². The van der Waals surface area contributed by atoms with E-state index in [-0.39, 0.29) is 25.2 Å². The van der Waals surface area contributed by atoms with Crippen LogP contribution in [0.1, 0.15) is 0 Å². The molecule has 4 nitrogen and oxygen atoms in total. The third-order valence-corrected chi connectivity index (χ3v) is 2.70. The predicted molar refractivity (Wildman–Crippen MR) is 60.6 cm³/mol. The van der Waals surface area contributed by atoms with Gasteiger partial charge in [0.1, 0.15) is 6.61 Å². The molecule has 0 spiro atoms. The van der Waals surface area contributed by atoms with Crippen LogP contribution in [0.15, 0.2) is 24.3 Å². The Morgan fingerprint density at radius 3 is 3.06 bits per heavy atom. The number of nitrogens with zero attached hydrogens (tertiary/aromatic N) is 1. The van der Waals surface area contributed by atoms with Crippen molar-refractivity contribution in [3.05, 3.63) is 29.3 Å². The monoisotopic (exact) mass is 241 g/mol. The molecule has 1 aromatic carbocycles. The summed E-state index contributed by atoms with van der Waals surface area (Å²) in [5.41, 5.74) is 0.694. The minimum Gasteiger partial charge on any atom is -0.394 e. The van der Waals surface area contributed by atoms with Crippen molar-refractivity contribution in [3.63, 3.8) is 0 Å². The molecule has 5 heteroatoms. The molecule has 1 aliphatic heterocycles. The molecule has 1 amide bonds. The van der Waals surface area contributed by atoms with Gasteiger partial charge in [-0.2, -0.15) is 0 Å². The predicted octanol–water partition coefficient (Wildman–Crippen LogP) is 1.06. The third-order valence-electron chi connectivity index (χ3n) is 2.47. The van der Waals surface area contributed by atoms with Crippen molar-refractivity contribution in [2.75, 3.05) is 24.7 Å². The summed E-state index contributed by atoms with van der Waals surface area (Å²) >= 11 is 5.87. The minimum atomic E-state index is -0.334. The van der Waals surface area contributed by atoms with E-state index in [1.807, 2.05) is 0 Å². The first-order valence-electron chi connectivity index (χ1n) is 4.98. The first-order chi connectivity index (χ1) is 7.72. The average Bonchev–Trinajstić information content (AvgIpc) is 2.28. The summed E-state index contributed by atoms with van der Waals surface area (Å²) in [6.07, 6.45) is 0. The summed E-state index contributed by atoms with van der Waals surface area (Å²) in [6.45, 7) is 0.260. The van der Waals surface area contributed by atoms with Gasteiger partial charge in [-0.05, 0) is 18.2 Å². The number of hydrogen-bond acceptors (Lipinski definition) is 3. The number of hydrogen-bond donors (Lipinski definition) is 1. The van der Waals surface area contributed by atoms with Crippen LogP contribution in [0.5, 0.6) is 0 Å². The van der Waals surface area contributed by atoms with E-state index in [0.717, 1.165) is 0 Å². The van der Waals surface area contributed by atoms with Crippen LogP contribution in [0.25, 0.3) is 0 Å². The summed E-state index contributed by atoms with van der Waals surface area (Å²) in [7, 11) is 0. The maximum atomic E-state index is 11.7. The van der Waals surface area contributed by atoms with Crippen molar-refractivity contribution in [2.24, 2.45) is 0 Å². The third kappa shape index (κ3) is 2.19. The first kappa shape index (κ1) is 11.4. The summed E-state index contributed by atoms with van der Waals surface area (Å²) in [5, 5.41) is 9.77. The number of morpholine rings is 1. The fourth-order valence-corrected chi connectivity index (χ4v) is 1.93. The number of aliphatic hydroxyl groups is 1. The van der Waals surface area contributed by atoms with Gasteiger partial charge in [-0.1, -0.05) is 17.7 Å². The van der Waals surface area contributed by atoms with E-state index < -0.39 is 0 Å². The summed E-state index contributed by atoms with van der Waals surface area (Å²) in [4.78, 5) is 13.3. The van der Waals surface area contributed by atoms with E-state index in [9.17, 15) is 9.90 Å². The fourth-order valence-electron chi connectivity index (χ4n) is 1.75. The molecule has 0 aliphatic carbocycles.